The number of hydrogen-bond donors (Lipinski definition) is 0. The van der Waals surface area contributed by atoms with Gasteiger partial charge in [-0.1, -0.05) is 104 Å². The average Bonchev–Trinajstić information content (AvgIpc) is 2.79. The summed E-state index contributed by atoms with van der Waals surface area (Å²) in [5.41, 5.74) is 13.8. The van der Waals surface area contributed by atoms with E-state index in [9.17, 15) is 0 Å². The molecule has 0 atom stereocenters. The number of fused-ring (bicyclic) bond motifs is 2. The Morgan fingerprint density at radius 3 is 1.11 bits per heavy atom. The molecular weight excluding hydrogens is 420 g/mol. The Morgan fingerprint density at radius 2 is 0.743 bits per heavy atom. The lowest BCUT2D eigenvalue weighted by atomic mass is 9.62. The van der Waals surface area contributed by atoms with Crippen LogP contribution in [0.15, 0.2) is 54.6 Å². The second-order valence-corrected chi connectivity index (χ2v) is 14.1. The van der Waals surface area contributed by atoms with Crippen molar-refractivity contribution in [3.05, 3.63) is 82.4 Å². The molecule has 0 spiro atoms. The van der Waals surface area contributed by atoms with E-state index >= 15 is 0 Å². The molecule has 0 unspecified atom stereocenters. The van der Waals surface area contributed by atoms with Gasteiger partial charge in [-0.2, -0.15) is 0 Å². The Morgan fingerprint density at radius 1 is 0.400 bits per heavy atom. The van der Waals surface area contributed by atoms with E-state index < -0.39 is 0 Å². The van der Waals surface area contributed by atoms with Crippen molar-refractivity contribution in [1.82, 2.24) is 0 Å². The first-order valence-corrected chi connectivity index (χ1v) is 13.6. The van der Waals surface area contributed by atoms with Gasteiger partial charge in [-0.3, -0.25) is 0 Å². The fourth-order valence-corrected chi connectivity index (χ4v) is 6.65. The van der Waals surface area contributed by atoms with E-state index in [1.165, 1.54) is 75.8 Å². The Labute approximate surface area is 214 Å². The molecule has 2 aliphatic rings. The third-order valence-electron chi connectivity index (χ3n) is 9.45. The van der Waals surface area contributed by atoms with Crippen LogP contribution >= 0.6 is 0 Å². The molecule has 0 heterocycles. The zero-order valence-corrected chi connectivity index (χ0v) is 23.5. The van der Waals surface area contributed by atoms with E-state index in [0.717, 1.165) is 0 Å². The van der Waals surface area contributed by atoms with Gasteiger partial charge in [0.25, 0.3) is 0 Å². The maximum absolute atomic E-state index is 2.49. The van der Waals surface area contributed by atoms with Crippen LogP contribution in [0.25, 0.3) is 22.3 Å². The predicted octanol–water partition coefficient (Wildman–Crippen LogP) is 10.0. The van der Waals surface area contributed by atoms with E-state index in [-0.39, 0.29) is 21.7 Å². The number of aryl methyl sites for hydroxylation is 1. The molecule has 0 amide bonds. The lowest BCUT2D eigenvalue weighted by molar-refractivity contribution is 0.332. The molecular formula is C35H44. The highest BCUT2D eigenvalue weighted by molar-refractivity contribution is 5.76. The minimum atomic E-state index is 0.227. The molecule has 0 bridgehead atoms. The van der Waals surface area contributed by atoms with Gasteiger partial charge in [0.05, 0.1) is 0 Å². The Bertz CT molecular complexity index is 1200. The first-order chi connectivity index (χ1) is 16.2. The van der Waals surface area contributed by atoms with E-state index in [1.807, 2.05) is 0 Å². The number of rotatable bonds is 2. The monoisotopic (exact) mass is 464 g/mol. The normalized spacial score (nSPS) is 21.2. The molecule has 0 saturated carbocycles. The zero-order chi connectivity index (χ0) is 25.4. The molecule has 0 saturated heterocycles. The van der Waals surface area contributed by atoms with Crippen LogP contribution < -0.4 is 0 Å². The summed E-state index contributed by atoms with van der Waals surface area (Å²) < 4.78 is 0. The summed E-state index contributed by atoms with van der Waals surface area (Å²) in [5, 5.41) is 0. The van der Waals surface area contributed by atoms with Crippen molar-refractivity contribution in [1.29, 1.82) is 0 Å². The van der Waals surface area contributed by atoms with Gasteiger partial charge in [0, 0.05) is 0 Å². The van der Waals surface area contributed by atoms with Crippen molar-refractivity contribution in [3.8, 4) is 22.3 Å². The predicted molar refractivity (Wildman–Crippen MR) is 153 cm³/mol. The summed E-state index contributed by atoms with van der Waals surface area (Å²) in [4.78, 5) is 0. The number of benzene rings is 3. The van der Waals surface area contributed by atoms with Crippen LogP contribution in [0, 0.1) is 6.92 Å². The van der Waals surface area contributed by atoms with Gasteiger partial charge in [0.1, 0.15) is 0 Å². The molecule has 0 nitrogen and oxygen atoms in total. The SMILES string of the molecule is Cc1cc(-c2ccc3c(c2)C(C)(C)CCC3(C)C)cc(-c2ccc3c(c2)C(C)(C)CCC3(C)C)c1. The van der Waals surface area contributed by atoms with Crippen molar-refractivity contribution in [2.24, 2.45) is 0 Å². The second-order valence-electron chi connectivity index (χ2n) is 14.1. The fraction of sp³-hybridized carbons (Fsp3) is 0.486. The molecule has 0 radical (unpaired) electrons. The highest BCUT2D eigenvalue weighted by atomic mass is 14.4. The highest BCUT2D eigenvalue weighted by Gasteiger charge is 2.38. The molecule has 0 fully saturated rings. The summed E-state index contributed by atoms with van der Waals surface area (Å²) in [6, 6.07) is 21.7. The van der Waals surface area contributed by atoms with Crippen LogP contribution in [0.1, 0.15) is 109 Å². The van der Waals surface area contributed by atoms with Gasteiger partial charge in [-0.15, -0.1) is 0 Å². The molecule has 5 rings (SSSR count). The van der Waals surface area contributed by atoms with Gasteiger partial charge >= 0.3 is 0 Å². The average molecular weight is 465 g/mol. The molecule has 3 aromatic rings. The lowest BCUT2D eigenvalue weighted by Gasteiger charge is -2.42. The Balaban J connectivity index is 1.61. The summed E-state index contributed by atoms with van der Waals surface area (Å²) in [6.07, 6.45) is 5.01. The first-order valence-electron chi connectivity index (χ1n) is 13.6. The third kappa shape index (κ3) is 4.18. The fourth-order valence-electron chi connectivity index (χ4n) is 6.65. The minimum absolute atomic E-state index is 0.227. The topological polar surface area (TPSA) is 0 Å². The first kappa shape index (κ1) is 24.4. The largest absolute Gasteiger partial charge is 0.0576 e. The van der Waals surface area contributed by atoms with E-state index in [4.69, 9.17) is 0 Å². The second kappa shape index (κ2) is 7.83. The van der Waals surface area contributed by atoms with Crippen molar-refractivity contribution in [3.63, 3.8) is 0 Å². The zero-order valence-electron chi connectivity index (χ0n) is 23.5. The Kier molecular flexibility index (Phi) is 5.45. The van der Waals surface area contributed by atoms with Gasteiger partial charge in [0.2, 0.25) is 0 Å². The van der Waals surface area contributed by atoms with Crippen molar-refractivity contribution in [2.75, 3.05) is 0 Å². The molecule has 0 aliphatic heterocycles. The smallest absolute Gasteiger partial charge is 0.0100 e. The van der Waals surface area contributed by atoms with Gasteiger partial charge in [-0.05, 0) is 110 Å². The van der Waals surface area contributed by atoms with Crippen LogP contribution in [0.4, 0.5) is 0 Å². The van der Waals surface area contributed by atoms with Crippen LogP contribution in [0.3, 0.4) is 0 Å². The summed E-state index contributed by atoms with van der Waals surface area (Å²) in [5.74, 6) is 0. The highest BCUT2D eigenvalue weighted by Crippen LogP contribution is 2.48. The molecule has 0 N–H and O–H groups in total. The summed E-state index contributed by atoms with van der Waals surface area (Å²) in [7, 11) is 0. The van der Waals surface area contributed by atoms with Gasteiger partial charge < -0.3 is 0 Å². The maximum Gasteiger partial charge on any atom is -0.0100 e. The van der Waals surface area contributed by atoms with Crippen LogP contribution in [0.2, 0.25) is 0 Å². The van der Waals surface area contributed by atoms with Crippen LogP contribution in [-0.4, -0.2) is 0 Å². The number of hydrogen-bond acceptors (Lipinski definition) is 0. The maximum atomic E-state index is 2.49. The van der Waals surface area contributed by atoms with Crippen LogP contribution in [-0.2, 0) is 21.7 Å². The van der Waals surface area contributed by atoms with E-state index in [1.54, 1.807) is 0 Å². The molecule has 0 aromatic heterocycles. The quantitative estimate of drug-likeness (QED) is 0.354. The summed E-state index contributed by atoms with van der Waals surface area (Å²) in [6.45, 7) is 21.5. The van der Waals surface area contributed by atoms with Crippen molar-refractivity contribution >= 4 is 0 Å². The molecule has 2 aliphatic carbocycles. The standard InChI is InChI=1S/C35H44/c1-23-18-26(24-10-12-28-30(21-24)34(6,7)16-14-32(28,2)3)20-27(19-23)25-11-13-29-31(22-25)35(8,9)17-15-33(29,4)5/h10-13,18-22H,14-17H2,1-9H3. The summed E-state index contributed by atoms with van der Waals surface area (Å²) >= 11 is 0. The van der Waals surface area contributed by atoms with Crippen molar-refractivity contribution < 1.29 is 0 Å². The van der Waals surface area contributed by atoms with Gasteiger partial charge in [-0.25, -0.2) is 0 Å². The molecule has 3 aromatic carbocycles. The van der Waals surface area contributed by atoms with Gasteiger partial charge in [0.15, 0.2) is 0 Å². The third-order valence-corrected chi connectivity index (χ3v) is 9.45. The Hall–Kier alpha value is -2.34. The van der Waals surface area contributed by atoms with E-state index in [0.29, 0.717) is 0 Å². The molecule has 35 heavy (non-hydrogen) atoms. The molecule has 0 heteroatoms. The van der Waals surface area contributed by atoms with Crippen molar-refractivity contribution in [2.45, 2.75) is 110 Å². The van der Waals surface area contributed by atoms with E-state index in [2.05, 4.69) is 117 Å². The minimum Gasteiger partial charge on any atom is -0.0576 e. The molecule has 184 valence electrons. The lowest BCUT2D eigenvalue weighted by Crippen LogP contribution is -2.33. The van der Waals surface area contributed by atoms with Crippen LogP contribution in [0.5, 0.6) is 0 Å².